The van der Waals surface area contributed by atoms with Gasteiger partial charge in [0.25, 0.3) is 5.91 Å². The van der Waals surface area contributed by atoms with Crippen molar-refractivity contribution in [2.24, 2.45) is 0 Å². The third kappa shape index (κ3) is 4.35. The molecule has 0 radical (unpaired) electrons. The van der Waals surface area contributed by atoms with Gasteiger partial charge in [-0.2, -0.15) is 0 Å². The van der Waals surface area contributed by atoms with Crippen LogP contribution in [0, 0.1) is 6.92 Å². The molecule has 1 aromatic heterocycles. The minimum absolute atomic E-state index is 0.0557. The zero-order chi connectivity index (χ0) is 19.4. The van der Waals surface area contributed by atoms with Crippen molar-refractivity contribution in [1.29, 1.82) is 0 Å². The van der Waals surface area contributed by atoms with Crippen LogP contribution in [0.2, 0.25) is 5.02 Å². The number of hydrogen-bond donors (Lipinski definition) is 2. The topological polar surface area (TPSA) is 84.2 Å². The van der Waals surface area contributed by atoms with Gasteiger partial charge >= 0.3 is 0 Å². The molecule has 0 aliphatic rings. The number of anilines is 1. The minimum Gasteiger partial charge on any atom is -0.441 e. The van der Waals surface area contributed by atoms with E-state index in [-0.39, 0.29) is 18.2 Å². The van der Waals surface area contributed by atoms with Crippen molar-refractivity contribution in [3.05, 3.63) is 70.6 Å². The highest BCUT2D eigenvalue weighted by Crippen LogP contribution is 2.23. The average Bonchev–Trinajstić information content (AvgIpc) is 3.03. The molecule has 1 heterocycles. The Bertz CT molecular complexity index is 983. The van der Waals surface area contributed by atoms with Gasteiger partial charge < -0.3 is 15.1 Å². The number of nitrogens with one attached hydrogen (secondary N) is 2. The van der Waals surface area contributed by atoms with E-state index in [1.165, 1.54) is 13.1 Å². The second-order valence-corrected chi connectivity index (χ2v) is 6.29. The summed E-state index contributed by atoms with van der Waals surface area (Å²) in [6.07, 6.45) is 0.0557. The van der Waals surface area contributed by atoms with Crippen molar-refractivity contribution < 1.29 is 14.0 Å². The molecule has 6 nitrogen and oxygen atoms in total. The van der Waals surface area contributed by atoms with Crippen LogP contribution in [0.3, 0.4) is 0 Å². The number of aryl methyl sites for hydroxylation is 1. The molecule has 0 bridgehead atoms. The molecule has 2 N–H and O–H groups in total. The van der Waals surface area contributed by atoms with Gasteiger partial charge in [-0.05, 0) is 37.3 Å². The molecule has 2 amide bonds. The fraction of sp³-hybridized carbons (Fsp3) is 0.150. The fourth-order valence-corrected chi connectivity index (χ4v) is 2.77. The van der Waals surface area contributed by atoms with E-state index in [2.05, 4.69) is 15.6 Å². The molecule has 2 aromatic carbocycles. The number of rotatable bonds is 5. The zero-order valence-corrected chi connectivity index (χ0v) is 15.6. The maximum Gasteiger partial charge on any atom is 0.252 e. The molecular formula is C20H18ClN3O3. The van der Waals surface area contributed by atoms with Crippen LogP contribution in [0.5, 0.6) is 0 Å². The van der Waals surface area contributed by atoms with Crippen LogP contribution in [0.25, 0.3) is 11.5 Å². The van der Waals surface area contributed by atoms with Crippen molar-refractivity contribution in [2.45, 2.75) is 13.3 Å². The standard InChI is InChI=1S/C20H18ClN3O3/c1-12-17(24-20(27-12)13-6-4-3-5-7-13)11-18(25)23-14-8-9-16(21)15(10-14)19(26)22-2/h3-10H,11H2,1-2H3,(H,22,26)(H,23,25). The highest BCUT2D eigenvalue weighted by molar-refractivity contribution is 6.34. The first-order chi connectivity index (χ1) is 13.0. The Morgan fingerprint density at radius 3 is 2.59 bits per heavy atom. The quantitative estimate of drug-likeness (QED) is 0.701. The van der Waals surface area contributed by atoms with Gasteiger partial charge in [0, 0.05) is 18.3 Å². The summed E-state index contributed by atoms with van der Waals surface area (Å²) >= 11 is 6.02. The minimum atomic E-state index is -0.323. The largest absolute Gasteiger partial charge is 0.441 e. The summed E-state index contributed by atoms with van der Waals surface area (Å²) in [5.41, 5.74) is 2.18. The van der Waals surface area contributed by atoms with Crippen molar-refractivity contribution >= 4 is 29.1 Å². The Morgan fingerprint density at radius 1 is 1.15 bits per heavy atom. The second-order valence-electron chi connectivity index (χ2n) is 5.89. The number of aromatic nitrogens is 1. The first kappa shape index (κ1) is 18.7. The SMILES string of the molecule is CNC(=O)c1cc(NC(=O)Cc2nc(-c3ccccc3)oc2C)ccc1Cl. The predicted molar refractivity (Wildman–Crippen MR) is 104 cm³/mol. The van der Waals surface area contributed by atoms with Crippen LogP contribution in [0.4, 0.5) is 5.69 Å². The Balaban J connectivity index is 1.73. The smallest absolute Gasteiger partial charge is 0.252 e. The third-order valence-electron chi connectivity index (χ3n) is 3.96. The van der Waals surface area contributed by atoms with Gasteiger partial charge in [-0.3, -0.25) is 9.59 Å². The number of halogens is 1. The molecule has 138 valence electrons. The van der Waals surface area contributed by atoms with Crippen molar-refractivity contribution in [2.75, 3.05) is 12.4 Å². The van der Waals surface area contributed by atoms with Gasteiger partial charge in [0.05, 0.1) is 22.7 Å². The lowest BCUT2D eigenvalue weighted by molar-refractivity contribution is -0.115. The van der Waals surface area contributed by atoms with Crippen molar-refractivity contribution in [3.63, 3.8) is 0 Å². The number of amides is 2. The summed E-state index contributed by atoms with van der Waals surface area (Å²) in [7, 11) is 1.52. The van der Waals surface area contributed by atoms with Gasteiger partial charge in [0.1, 0.15) is 5.76 Å². The fourth-order valence-electron chi connectivity index (χ4n) is 2.57. The summed E-state index contributed by atoms with van der Waals surface area (Å²) in [4.78, 5) is 28.6. The van der Waals surface area contributed by atoms with Crippen LogP contribution < -0.4 is 10.6 Å². The molecule has 0 unspecified atom stereocenters. The van der Waals surface area contributed by atoms with E-state index in [4.69, 9.17) is 16.0 Å². The van der Waals surface area contributed by atoms with E-state index in [0.717, 1.165) is 5.56 Å². The maximum absolute atomic E-state index is 12.4. The van der Waals surface area contributed by atoms with Gasteiger partial charge in [-0.1, -0.05) is 29.8 Å². The van der Waals surface area contributed by atoms with Gasteiger partial charge in [-0.15, -0.1) is 0 Å². The molecule has 0 saturated heterocycles. The molecule has 0 atom stereocenters. The second kappa shape index (κ2) is 8.05. The molecule has 0 aliphatic heterocycles. The molecule has 27 heavy (non-hydrogen) atoms. The molecule has 0 fully saturated rings. The van der Waals surface area contributed by atoms with Crippen LogP contribution >= 0.6 is 11.6 Å². The number of carbonyl (C=O) groups excluding carboxylic acids is 2. The number of hydrogen-bond acceptors (Lipinski definition) is 4. The lowest BCUT2D eigenvalue weighted by Crippen LogP contribution is -2.19. The Kier molecular flexibility index (Phi) is 5.57. The number of oxazole rings is 1. The van der Waals surface area contributed by atoms with E-state index in [1.54, 1.807) is 19.1 Å². The zero-order valence-electron chi connectivity index (χ0n) is 14.9. The highest BCUT2D eigenvalue weighted by atomic mass is 35.5. The summed E-state index contributed by atoms with van der Waals surface area (Å²) in [5, 5.41) is 5.58. The van der Waals surface area contributed by atoms with Gasteiger partial charge in [-0.25, -0.2) is 4.98 Å². The van der Waals surface area contributed by atoms with Crippen molar-refractivity contribution in [1.82, 2.24) is 10.3 Å². The van der Waals surface area contributed by atoms with Gasteiger partial charge in [0.15, 0.2) is 0 Å². The normalized spacial score (nSPS) is 10.5. The van der Waals surface area contributed by atoms with Crippen LogP contribution in [0.1, 0.15) is 21.8 Å². The lowest BCUT2D eigenvalue weighted by Gasteiger charge is -2.08. The monoisotopic (exact) mass is 383 g/mol. The predicted octanol–water partition coefficient (Wildman–Crippen LogP) is 3.84. The number of nitrogens with zero attached hydrogens (tertiary/aromatic N) is 1. The van der Waals surface area contributed by atoms with E-state index in [9.17, 15) is 9.59 Å². The van der Waals surface area contributed by atoms with Crippen molar-refractivity contribution in [3.8, 4) is 11.5 Å². The molecular weight excluding hydrogens is 366 g/mol. The lowest BCUT2D eigenvalue weighted by atomic mass is 10.1. The Hall–Kier alpha value is -3.12. The van der Waals surface area contributed by atoms with E-state index >= 15 is 0 Å². The molecule has 0 saturated carbocycles. The van der Waals surface area contributed by atoms with Gasteiger partial charge in [0.2, 0.25) is 11.8 Å². The first-order valence-electron chi connectivity index (χ1n) is 8.31. The molecule has 3 aromatic rings. The molecule has 0 aliphatic carbocycles. The summed E-state index contributed by atoms with van der Waals surface area (Å²) in [5.74, 6) is 0.475. The van der Waals surface area contributed by atoms with Crippen LogP contribution in [0.15, 0.2) is 52.9 Å². The molecule has 0 spiro atoms. The molecule has 3 rings (SSSR count). The number of carbonyl (C=O) groups is 2. The third-order valence-corrected chi connectivity index (χ3v) is 4.29. The van der Waals surface area contributed by atoms with Crippen LogP contribution in [-0.4, -0.2) is 23.8 Å². The van der Waals surface area contributed by atoms with Crippen LogP contribution in [-0.2, 0) is 11.2 Å². The first-order valence-corrected chi connectivity index (χ1v) is 8.69. The number of benzene rings is 2. The molecule has 7 heteroatoms. The van der Waals surface area contributed by atoms with E-state index in [1.807, 2.05) is 30.3 Å². The summed E-state index contributed by atoms with van der Waals surface area (Å²) in [6.45, 7) is 1.77. The summed E-state index contributed by atoms with van der Waals surface area (Å²) in [6, 6.07) is 14.2. The van der Waals surface area contributed by atoms with E-state index < -0.39 is 0 Å². The highest BCUT2D eigenvalue weighted by Gasteiger charge is 2.16. The Morgan fingerprint density at radius 2 is 1.89 bits per heavy atom. The summed E-state index contributed by atoms with van der Waals surface area (Å²) < 4.78 is 5.67. The van der Waals surface area contributed by atoms with E-state index in [0.29, 0.717) is 33.6 Å². The average molecular weight is 384 g/mol. The Labute approximate surface area is 161 Å². The maximum atomic E-state index is 12.4.